The van der Waals surface area contributed by atoms with E-state index in [1.807, 2.05) is 0 Å². The van der Waals surface area contributed by atoms with Crippen LogP contribution in [0.2, 0.25) is 0 Å². The highest BCUT2D eigenvalue weighted by atomic mass is 32.2. The molecular weight excluding hydrogens is 334 g/mol. The van der Waals surface area contributed by atoms with Crippen LogP contribution in [0.25, 0.3) is 0 Å². The first-order valence-electron chi connectivity index (χ1n) is 7.10. The molecule has 2 rings (SSSR count). The number of ether oxygens (including phenoxy) is 1. The topological polar surface area (TPSA) is 86.3 Å². The number of carbonyl (C=O) groups is 1. The molecule has 2 N–H and O–H groups in total. The predicted molar refractivity (Wildman–Crippen MR) is 94.8 cm³/mol. The van der Waals surface area contributed by atoms with Crippen LogP contribution in [0.1, 0.15) is 19.8 Å². The number of thiol groups is 1. The summed E-state index contributed by atoms with van der Waals surface area (Å²) in [5, 5.41) is 4.76. The van der Waals surface area contributed by atoms with Gasteiger partial charge in [0.05, 0.1) is 12.8 Å². The minimum absolute atomic E-state index is 0.226. The average molecular weight is 353 g/mol. The first kappa shape index (κ1) is 17.5. The molecule has 0 spiro atoms. The maximum absolute atomic E-state index is 12.0. The SMILES string of the molecule is CCCCSc1nc(N(C(N)=O)c2ccccc2OC)n(S)n1. The van der Waals surface area contributed by atoms with E-state index in [4.69, 9.17) is 10.5 Å². The third-order valence-corrected chi connectivity index (χ3v) is 4.22. The molecule has 0 aliphatic heterocycles. The zero-order valence-electron chi connectivity index (χ0n) is 13.0. The molecule has 0 aliphatic rings. The Bertz CT molecular complexity index is 677. The molecule has 9 heteroatoms. The van der Waals surface area contributed by atoms with E-state index in [0.29, 0.717) is 16.6 Å². The van der Waals surface area contributed by atoms with E-state index in [0.717, 1.165) is 18.6 Å². The molecule has 2 amide bonds. The van der Waals surface area contributed by atoms with Crippen LogP contribution in [0, 0.1) is 0 Å². The van der Waals surface area contributed by atoms with Gasteiger partial charge in [0.25, 0.3) is 0 Å². The summed E-state index contributed by atoms with van der Waals surface area (Å²) < 4.78 is 6.53. The number of primary amides is 1. The third-order valence-electron chi connectivity index (χ3n) is 3.03. The Morgan fingerprint density at radius 3 is 2.87 bits per heavy atom. The van der Waals surface area contributed by atoms with Crippen LogP contribution in [0.3, 0.4) is 0 Å². The zero-order valence-corrected chi connectivity index (χ0v) is 14.7. The predicted octanol–water partition coefficient (Wildman–Crippen LogP) is 3.09. The minimum atomic E-state index is -0.692. The van der Waals surface area contributed by atoms with E-state index in [1.54, 1.807) is 24.3 Å². The second kappa shape index (κ2) is 8.11. The van der Waals surface area contributed by atoms with Crippen molar-refractivity contribution in [2.75, 3.05) is 17.8 Å². The number of hydrogen-bond acceptors (Lipinski definition) is 6. The highest BCUT2D eigenvalue weighted by Crippen LogP contribution is 2.33. The number of nitrogens with two attached hydrogens (primary N) is 1. The number of carbonyl (C=O) groups excluding carboxylic acids is 1. The van der Waals surface area contributed by atoms with Crippen molar-refractivity contribution in [2.24, 2.45) is 5.73 Å². The van der Waals surface area contributed by atoms with Crippen LogP contribution in [-0.4, -0.2) is 33.1 Å². The Labute approximate surface area is 144 Å². The van der Waals surface area contributed by atoms with Crippen molar-refractivity contribution in [1.29, 1.82) is 0 Å². The molecular formula is C14H19N5O2S2. The van der Waals surface area contributed by atoms with Gasteiger partial charge in [0.1, 0.15) is 5.75 Å². The summed E-state index contributed by atoms with van der Waals surface area (Å²) in [4.78, 5) is 17.5. The first-order chi connectivity index (χ1) is 11.1. The Balaban J connectivity index is 2.37. The molecule has 0 atom stereocenters. The van der Waals surface area contributed by atoms with E-state index in [1.165, 1.54) is 27.9 Å². The average Bonchev–Trinajstić information content (AvgIpc) is 2.89. The molecule has 1 heterocycles. The third kappa shape index (κ3) is 4.11. The first-order valence-corrected chi connectivity index (χ1v) is 8.48. The van der Waals surface area contributed by atoms with Crippen molar-refractivity contribution < 1.29 is 9.53 Å². The number of nitrogens with zero attached hydrogens (tertiary/aromatic N) is 4. The Hall–Kier alpha value is -1.87. The molecule has 0 bridgehead atoms. The van der Waals surface area contributed by atoms with Gasteiger partial charge in [-0.25, -0.2) is 9.69 Å². The standard InChI is InChI=1S/C14H19N5O2S2/c1-3-4-9-23-13-16-14(19(22)17-13)18(12(15)20)10-7-5-6-8-11(10)21-2/h5-8,22H,3-4,9H2,1-2H3,(H2,15,20). The molecule has 0 radical (unpaired) electrons. The van der Waals surface area contributed by atoms with Crippen molar-refractivity contribution in [3.05, 3.63) is 24.3 Å². The fourth-order valence-electron chi connectivity index (χ4n) is 1.93. The number of urea groups is 1. The fraction of sp³-hybridized carbons (Fsp3) is 0.357. The molecule has 124 valence electrons. The molecule has 1 aromatic heterocycles. The van der Waals surface area contributed by atoms with E-state index < -0.39 is 6.03 Å². The highest BCUT2D eigenvalue weighted by molar-refractivity contribution is 7.99. The van der Waals surface area contributed by atoms with Gasteiger partial charge in [-0.1, -0.05) is 37.2 Å². The largest absolute Gasteiger partial charge is 0.495 e. The highest BCUT2D eigenvalue weighted by Gasteiger charge is 2.24. The number of aromatic nitrogens is 3. The van der Waals surface area contributed by atoms with Crippen LogP contribution in [0.5, 0.6) is 5.75 Å². The number of hydrogen-bond donors (Lipinski definition) is 2. The molecule has 7 nitrogen and oxygen atoms in total. The Morgan fingerprint density at radius 1 is 1.48 bits per heavy atom. The molecule has 2 aromatic rings. The normalized spacial score (nSPS) is 10.6. The van der Waals surface area contributed by atoms with Gasteiger partial charge < -0.3 is 10.5 Å². The second-order valence-electron chi connectivity index (χ2n) is 4.63. The lowest BCUT2D eigenvalue weighted by molar-refractivity contribution is 0.255. The van der Waals surface area contributed by atoms with Crippen LogP contribution in [0.4, 0.5) is 16.4 Å². The van der Waals surface area contributed by atoms with Crippen LogP contribution in [-0.2, 0) is 0 Å². The van der Waals surface area contributed by atoms with Crippen molar-refractivity contribution in [2.45, 2.75) is 24.9 Å². The van der Waals surface area contributed by atoms with Crippen LogP contribution < -0.4 is 15.4 Å². The molecule has 0 fully saturated rings. The Morgan fingerprint density at radius 2 is 2.22 bits per heavy atom. The monoisotopic (exact) mass is 353 g/mol. The number of methoxy groups -OCH3 is 1. The van der Waals surface area contributed by atoms with Crippen molar-refractivity contribution >= 4 is 42.2 Å². The Kier molecular flexibility index (Phi) is 6.17. The number of rotatable bonds is 7. The maximum Gasteiger partial charge on any atom is 0.326 e. The minimum Gasteiger partial charge on any atom is -0.495 e. The van der Waals surface area contributed by atoms with Gasteiger partial charge in [0, 0.05) is 5.75 Å². The summed E-state index contributed by atoms with van der Waals surface area (Å²) in [5.74, 6) is 1.63. The lowest BCUT2D eigenvalue weighted by Gasteiger charge is -2.20. The summed E-state index contributed by atoms with van der Waals surface area (Å²) in [5.41, 5.74) is 6.02. The summed E-state index contributed by atoms with van der Waals surface area (Å²) in [6.45, 7) is 2.12. The van der Waals surface area contributed by atoms with Gasteiger partial charge >= 0.3 is 6.03 Å². The summed E-state index contributed by atoms with van der Waals surface area (Å²) in [6.07, 6.45) is 2.16. The molecule has 0 aliphatic carbocycles. The zero-order chi connectivity index (χ0) is 16.8. The van der Waals surface area contributed by atoms with Gasteiger partial charge in [0.2, 0.25) is 11.1 Å². The molecule has 23 heavy (non-hydrogen) atoms. The lowest BCUT2D eigenvalue weighted by atomic mass is 10.2. The summed E-state index contributed by atoms with van der Waals surface area (Å²) in [6, 6.07) is 6.35. The number of para-hydroxylation sites is 2. The molecule has 1 aromatic carbocycles. The fourth-order valence-corrected chi connectivity index (χ4v) is 3.11. The van der Waals surface area contributed by atoms with Gasteiger partial charge in [-0.3, -0.25) is 0 Å². The van der Waals surface area contributed by atoms with Gasteiger partial charge in [0.15, 0.2) is 0 Å². The smallest absolute Gasteiger partial charge is 0.326 e. The van der Waals surface area contributed by atoms with Gasteiger partial charge in [-0.15, -0.1) is 5.10 Å². The van der Waals surface area contributed by atoms with Crippen LogP contribution in [0.15, 0.2) is 29.4 Å². The molecule has 0 unspecified atom stereocenters. The van der Waals surface area contributed by atoms with Gasteiger partial charge in [-0.2, -0.15) is 9.07 Å². The summed E-state index contributed by atoms with van der Waals surface area (Å²) in [7, 11) is 1.52. The van der Waals surface area contributed by atoms with E-state index in [2.05, 4.69) is 29.8 Å². The quantitative estimate of drug-likeness (QED) is 0.454. The molecule has 0 saturated heterocycles. The number of thioether (sulfide) groups is 1. The van der Waals surface area contributed by atoms with E-state index >= 15 is 0 Å². The maximum atomic E-state index is 12.0. The molecule has 0 saturated carbocycles. The summed E-state index contributed by atoms with van der Waals surface area (Å²) >= 11 is 5.76. The van der Waals surface area contributed by atoms with Crippen molar-refractivity contribution in [3.63, 3.8) is 0 Å². The van der Waals surface area contributed by atoms with Gasteiger partial charge in [-0.05, 0) is 31.4 Å². The van der Waals surface area contributed by atoms with Crippen LogP contribution >= 0.6 is 24.6 Å². The number of anilines is 2. The second-order valence-corrected chi connectivity index (χ2v) is 6.07. The van der Waals surface area contributed by atoms with E-state index in [-0.39, 0.29) is 5.95 Å². The van der Waals surface area contributed by atoms with Crippen molar-refractivity contribution in [1.82, 2.24) is 14.2 Å². The number of benzene rings is 1. The number of amides is 2. The number of unbranched alkanes of at least 4 members (excludes halogenated alkanes) is 1. The van der Waals surface area contributed by atoms with E-state index in [9.17, 15) is 4.79 Å². The lowest BCUT2D eigenvalue weighted by Crippen LogP contribution is -2.33. The van der Waals surface area contributed by atoms with Crippen molar-refractivity contribution in [3.8, 4) is 5.75 Å².